The number of methoxy groups -OCH3 is 1. The molecule has 110 valence electrons. The van der Waals surface area contributed by atoms with Crippen molar-refractivity contribution < 1.29 is 13.9 Å². The molecule has 0 saturated heterocycles. The van der Waals surface area contributed by atoms with Gasteiger partial charge in [-0.3, -0.25) is 9.59 Å². The highest BCUT2D eigenvalue weighted by Crippen LogP contribution is 2.31. The van der Waals surface area contributed by atoms with Crippen LogP contribution in [0.4, 0.5) is 0 Å². The number of fused-ring (bicyclic) bond motifs is 1. The van der Waals surface area contributed by atoms with Crippen LogP contribution in [-0.4, -0.2) is 13.4 Å². The number of halogens is 1. The van der Waals surface area contributed by atoms with Gasteiger partial charge in [-0.15, -0.1) is 0 Å². The van der Waals surface area contributed by atoms with E-state index in [9.17, 15) is 9.59 Å². The van der Waals surface area contributed by atoms with Gasteiger partial charge in [-0.1, -0.05) is 23.7 Å². The first-order chi connectivity index (χ1) is 10.7. The average molecular weight is 315 g/mol. The molecule has 0 bridgehead atoms. The second-order valence-corrected chi connectivity index (χ2v) is 5.04. The Kier molecular flexibility index (Phi) is 3.69. The number of aldehydes is 1. The first kappa shape index (κ1) is 14.4. The lowest BCUT2D eigenvalue weighted by Crippen LogP contribution is -2.03. The monoisotopic (exact) mass is 314 g/mol. The SMILES string of the molecule is COc1ccc2c(=O)cc(-c3ccccc3Cl)oc2c1C=O. The maximum Gasteiger partial charge on any atom is 0.193 e. The Bertz CT molecular complexity index is 928. The molecule has 3 rings (SSSR count). The molecule has 0 unspecified atom stereocenters. The lowest BCUT2D eigenvalue weighted by molar-refractivity contribution is 0.112. The van der Waals surface area contributed by atoms with Gasteiger partial charge >= 0.3 is 0 Å². The molecule has 0 atom stereocenters. The fraction of sp³-hybridized carbons (Fsp3) is 0.0588. The zero-order valence-electron chi connectivity index (χ0n) is 11.6. The van der Waals surface area contributed by atoms with Crippen molar-refractivity contribution in [2.45, 2.75) is 0 Å². The standard InChI is InChI=1S/C17H11ClO4/c1-21-15-7-6-11-14(20)8-16(22-17(11)12(15)9-19)10-4-2-3-5-13(10)18/h2-9H,1H3. The maximum absolute atomic E-state index is 12.3. The second kappa shape index (κ2) is 5.66. The van der Waals surface area contributed by atoms with Crippen LogP contribution in [0.3, 0.4) is 0 Å². The average Bonchev–Trinajstić information content (AvgIpc) is 2.54. The molecule has 22 heavy (non-hydrogen) atoms. The molecule has 0 saturated carbocycles. The molecule has 1 aromatic heterocycles. The van der Waals surface area contributed by atoms with E-state index in [1.54, 1.807) is 36.4 Å². The Morgan fingerprint density at radius 1 is 1.18 bits per heavy atom. The molecular formula is C17H11ClO4. The van der Waals surface area contributed by atoms with Gasteiger partial charge in [-0.2, -0.15) is 0 Å². The summed E-state index contributed by atoms with van der Waals surface area (Å²) in [7, 11) is 1.45. The molecule has 0 aliphatic heterocycles. The van der Waals surface area contributed by atoms with Gasteiger partial charge in [0, 0.05) is 11.6 Å². The number of rotatable bonds is 3. The summed E-state index contributed by atoms with van der Waals surface area (Å²) in [6.07, 6.45) is 0.612. The smallest absolute Gasteiger partial charge is 0.193 e. The third-order valence-corrected chi connectivity index (χ3v) is 3.70. The van der Waals surface area contributed by atoms with Crippen molar-refractivity contribution in [3.63, 3.8) is 0 Å². The lowest BCUT2D eigenvalue weighted by atomic mass is 10.1. The molecule has 0 spiro atoms. The topological polar surface area (TPSA) is 56.5 Å². The lowest BCUT2D eigenvalue weighted by Gasteiger charge is -2.08. The van der Waals surface area contributed by atoms with Crippen molar-refractivity contribution in [2.75, 3.05) is 7.11 Å². The van der Waals surface area contributed by atoms with Crippen molar-refractivity contribution >= 4 is 28.9 Å². The number of carbonyl (C=O) groups is 1. The maximum atomic E-state index is 12.3. The molecule has 0 fully saturated rings. The summed E-state index contributed by atoms with van der Waals surface area (Å²) in [5, 5.41) is 0.777. The van der Waals surface area contributed by atoms with Crippen molar-refractivity contribution in [1.82, 2.24) is 0 Å². The predicted octanol–water partition coefficient (Wildman–Crippen LogP) is 3.93. The van der Waals surface area contributed by atoms with Crippen molar-refractivity contribution in [2.24, 2.45) is 0 Å². The van der Waals surface area contributed by atoms with E-state index in [-0.39, 0.29) is 16.6 Å². The van der Waals surface area contributed by atoms with E-state index in [0.717, 1.165) is 0 Å². The van der Waals surface area contributed by atoms with E-state index in [1.807, 2.05) is 0 Å². The molecule has 0 aliphatic carbocycles. The van der Waals surface area contributed by atoms with Gasteiger partial charge in [0.05, 0.1) is 23.1 Å². The normalized spacial score (nSPS) is 10.6. The van der Waals surface area contributed by atoms with E-state index in [4.69, 9.17) is 20.8 Å². The Morgan fingerprint density at radius 3 is 2.64 bits per heavy atom. The molecule has 1 heterocycles. The predicted molar refractivity (Wildman–Crippen MR) is 84.9 cm³/mol. The van der Waals surface area contributed by atoms with Crippen LogP contribution in [0.5, 0.6) is 5.75 Å². The Balaban J connectivity index is 2.38. The largest absolute Gasteiger partial charge is 0.496 e. The fourth-order valence-corrected chi connectivity index (χ4v) is 2.53. The van der Waals surface area contributed by atoms with E-state index in [1.165, 1.54) is 13.2 Å². The summed E-state index contributed by atoms with van der Waals surface area (Å²) in [6.45, 7) is 0. The quantitative estimate of drug-likeness (QED) is 0.687. The highest BCUT2D eigenvalue weighted by molar-refractivity contribution is 6.33. The third-order valence-electron chi connectivity index (χ3n) is 3.37. The molecule has 4 nitrogen and oxygen atoms in total. The summed E-state index contributed by atoms with van der Waals surface area (Å²) in [6, 6.07) is 11.5. The van der Waals surface area contributed by atoms with E-state index < -0.39 is 0 Å². The molecule has 0 amide bonds. The zero-order valence-corrected chi connectivity index (χ0v) is 12.4. The van der Waals surface area contributed by atoms with Crippen molar-refractivity contribution in [3.8, 4) is 17.1 Å². The highest BCUT2D eigenvalue weighted by Gasteiger charge is 2.15. The van der Waals surface area contributed by atoms with E-state index in [0.29, 0.717) is 33.8 Å². The van der Waals surface area contributed by atoms with Gasteiger partial charge in [-0.05, 0) is 24.3 Å². The van der Waals surface area contributed by atoms with Gasteiger partial charge in [0.2, 0.25) is 0 Å². The van der Waals surface area contributed by atoms with E-state index in [2.05, 4.69) is 0 Å². The summed E-state index contributed by atoms with van der Waals surface area (Å²) < 4.78 is 10.9. The number of benzene rings is 2. The van der Waals surface area contributed by atoms with Crippen LogP contribution in [0.1, 0.15) is 10.4 Å². The minimum atomic E-state index is -0.248. The van der Waals surface area contributed by atoms with Gasteiger partial charge in [-0.25, -0.2) is 0 Å². The van der Waals surface area contributed by atoms with Crippen LogP contribution in [0.25, 0.3) is 22.3 Å². The molecule has 5 heteroatoms. The Morgan fingerprint density at radius 2 is 1.95 bits per heavy atom. The summed E-state index contributed by atoms with van der Waals surface area (Å²) in [5.41, 5.74) is 0.729. The Hall–Kier alpha value is -2.59. The van der Waals surface area contributed by atoms with Crippen LogP contribution in [0.15, 0.2) is 51.7 Å². The molecule has 0 radical (unpaired) electrons. The third kappa shape index (κ3) is 2.27. The fourth-order valence-electron chi connectivity index (χ4n) is 2.31. The van der Waals surface area contributed by atoms with Crippen molar-refractivity contribution in [3.05, 3.63) is 63.3 Å². The van der Waals surface area contributed by atoms with Gasteiger partial charge < -0.3 is 9.15 Å². The van der Waals surface area contributed by atoms with Gasteiger partial charge in [0.15, 0.2) is 17.3 Å². The summed E-state index contributed by atoms with van der Waals surface area (Å²) in [5.74, 6) is 0.654. The van der Waals surface area contributed by atoms with Crippen LogP contribution in [0, 0.1) is 0 Å². The molecular weight excluding hydrogens is 304 g/mol. The minimum absolute atomic E-state index is 0.191. The minimum Gasteiger partial charge on any atom is -0.496 e. The zero-order chi connectivity index (χ0) is 15.7. The van der Waals surface area contributed by atoms with Crippen LogP contribution in [-0.2, 0) is 0 Å². The second-order valence-electron chi connectivity index (χ2n) is 4.63. The summed E-state index contributed by atoms with van der Waals surface area (Å²) >= 11 is 6.14. The molecule has 0 aliphatic rings. The van der Waals surface area contributed by atoms with Crippen LogP contribution < -0.4 is 10.2 Å². The number of carbonyl (C=O) groups excluding carboxylic acids is 1. The highest BCUT2D eigenvalue weighted by atomic mass is 35.5. The van der Waals surface area contributed by atoms with Gasteiger partial charge in [0.25, 0.3) is 0 Å². The first-order valence-electron chi connectivity index (χ1n) is 6.50. The number of hydrogen-bond donors (Lipinski definition) is 0. The van der Waals surface area contributed by atoms with Gasteiger partial charge in [0.1, 0.15) is 11.5 Å². The molecule has 0 N–H and O–H groups in total. The number of ether oxygens (including phenoxy) is 1. The Labute approximate surface area is 130 Å². The van der Waals surface area contributed by atoms with Crippen LogP contribution >= 0.6 is 11.6 Å². The number of hydrogen-bond acceptors (Lipinski definition) is 4. The molecule has 2 aromatic carbocycles. The first-order valence-corrected chi connectivity index (χ1v) is 6.88. The summed E-state index contributed by atoms with van der Waals surface area (Å²) in [4.78, 5) is 23.7. The van der Waals surface area contributed by atoms with Crippen LogP contribution in [0.2, 0.25) is 5.02 Å². The van der Waals surface area contributed by atoms with Crippen molar-refractivity contribution in [1.29, 1.82) is 0 Å². The molecule has 3 aromatic rings. The van der Waals surface area contributed by atoms with E-state index >= 15 is 0 Å².